The molecular weight excluding hydrogens is 550 g/mol. The summed E-state index contributed by atoms with van der Waals surface area (Å²) in [4.78, 5) is 28.4. The van der Waals surface area contributed by atoms with Crippen molar-refractivity contribution in [2.45, 2.75) is 58.1 Å². The second kappa shape index (κ2) is 13.7. The summed E-state index contributed by atoms with van der Waals surface area (Å²) in [7, 11) is -4.20. The summed E-state index contributed by atoms with van der Waals surface area (Å²) in [6, 6.07) is 19.0. The van der Waals surface area contributed by atoms with E-state index in [9.17, 15) is 18.0 Å². The number of benzene rings is 3. The van der Waals surface area contributed by atoms with Crippen molar-refractivity contribution in [3.63, 3.8) is 0 Å². The Hall–Kier alpha value is -3.56. The number of hydrogen-bond acceptors (Lipinski definition) is 5. The first kappa shape index (κ1) is 31.0. The van der Waals surface area contributed by atoms with Crippen molar-refractivity contribution >= 4 is 39.1 Å². The summed E-state index contributed by atoms with van der Waals surface area (Å²) in [5.74, 6) is -0.577. The maximum atomic E-state index is 14.0. The first-order chi connectivity index (χ1) is 18.9. The average Bonchev–Trinajstić information content (AvgIpc) is 2.91. The van der Waals surface area contributed by atoms with Crippen LogP contribution in [0.3, 0.4) is 0 Å². The molecule has 0 aromatic heterocycles. The Bertz CT molecular complexity index is 1410. The number of nitrogens with zero attached hydrogens (tertiary/aromatic N) is 2. The summed E-state index contributed by atoms with van der Waals surface area (Å²) >= 11 is 6.05. The molecule has 0 saturated heterocycles. The van der Waals surface area contributed by atoms with Crippen molar-refractivity contribution in [3.05, 3.63) is 88.9 Å². The van der Waals surface area contributed by atoms with Gasteiger partial charge in [0.15, 0.2) is 0 Å². The Labute approximate surface area is 241 Å². The number of carbonyl (C=O) groups is 2. The molecule has 8 nitrogen and oxygen atoms in total. The predicted molar refractivity (Wildman–Crippen MR) is 158 cm³/mol. The molecule has 2 amide bonds. The van der Waals surface area contributed by atoms with Gasteiger partial charge in [-0.05, 0) is 76.6 Å². The van der Waals surface area contributed by atoms with Crippen molar-refractivity contribution in [1.29, 1.82) is 0 Å². The Balaban J connectivity index is 2.08. The van der Waals surface area contributed by atoms with Gasteiger partial charge in [-0.1, -0.05) is 53.6 Å². The van der Waals surface area contributed by atoms with Gasteiger partial charge < -0.3 is 15.0 Å². The Morgan fingerprint density at radius 3 is 2.17 bits per heavy atom. The van der Waals surface area contributed by atoms with Gasteiger partial charge in [-0.2, -0.15) is 0 Å². The van der Waals surface area contributed by atoms with Gasteiger partial charge in [-0.3, -0.25) is 13.9 Å². The van der Waals surface area contributed by atoms with E-state index in [1.54, 1.807) is 74.5 Å². The maximum absolute atomic E-state index is 14.0. The zero-order valence-corrected chi connectivity index (χ0v) is 25.0. The minimum atomic E-state index is -4.20. The molecule has 1 N–H and O–H groups in total. The molecule has 214 valence electrons. The van der Waals surface area contributed by atoms with Gasteiger partial charge in [0.25, 0.3) is 10.0 Å². The van der Waals surface area contributed by atoms with Crippen molar-refractivity contribution < 1.29 is 22.7 Å². The van der Waals surface area contributed by atoms with E-state index in [-0.39, 0.29) is 29.1 Å². The second-order valence-corrected chi connectivity index (χ2v) is 12.0. The van der Waals surface area contributed by atoms with Crippen LogP contribution in [0.2, 0.25) is 5.02 Å². The zero-order valence-electron chi connectivity index (χ0n) is 23.4. The summed E-state index contributed by atoms with van der Waals surface area (Å²) in [6.07, 6.45) is 0. The Morgan fingerprint density at radius 2 is 1.57 bits per heavy atom. The van der Waals surface area contributed by atoms with Crippen LogP contribution in [0.1, 0.15) is 38.8 Å². The second-order valence-electron chi connectivity index (χ2n) is 9.71. The highest BCUT2D eigenvalue weighted by Crippen LogP contribution is 2.33. The fourth-order valence-corrected chi connectivity index (χ4v) is 5.62. The third kappa shape index (κ3) is 7.76. The number of sulfonamides is 1. The van der Waals surface area contributed by atoms with Crippen molar-refractivity contribution in [3.8, 4) is 5.75 Å². The van der Waals surface area contributed by atoms with Crippen LogP contribution >= 0.6 is 11.6 Å². The van der Waals surface area contributed by atoms with E-state index in [0.29, 0.717) is 17.4 Å². The number of rotatable bonds is 12. The number of carbonyl (C=O) groups excluding carboxylic acids is 2. The van der Waals surface area contributed by atoms with Gasteiger partial charge >= 0.3 is 0 Å². The van der Waals surface area contributed by atoms with Crippen LogP contribution in [-0.2, 0) is 26.2 Å². The first-order valence-electron chi connectivity index (χ1n) is 13.1. The van der Waals surface area contributed by atoms with Crippen LogP contribution in [0.4, 0.5) is 5.69 Å². The van der Waals surface area contributed by atoms with E-state index < -0.39 is 28.5 Å². The van der Waals surface area contributed by atoms with Crippen LogP contribution in [-0.4, -0.2) is 50.4 Å². The molecule has 1 atom stereocenters. The molecule has 0 heterocycles. The predicted octanol–water partition coefficient (Wildman–Crippen LogP) is 5.18. The quantitative estimate of drug-likeness (QED) is 0.316. The van der Waals surface area contributed by atoms with E-state index in [0.717, 1.165) is 15.4 Å². The fourth-order valence-electron chi connectivity index (χ4n) is 4.07. The van der Waals surface area contributed by atoms with Crippen LogP contribution in [0, 0.1) is 6.92 Å². The molecule has 0 unspecified atom stereocenters. The normalized spacial score (nSPS) is 12.1. The SMILES string of the molecule is CCOc1ccccc1N(CC(=O)N(Cc1ccc(Cl)cc1)[C@H](C)C(=O)NC(C)C)S(=O)(=O)c1ccc(C)cc1. The highest BCUT2D eigenvalue weighted by atomic mass is 35.5. The molecular formula is C30H36ClN3O5S. The third-order valence-electron chi connectivity index (χ3n) is 6.19. The van der Waals surface area contributed by atoms with Gasteiger partial charge in [0.2, 0.25) is 11.8 Å². The number of halogens is 1. The van der Waals surface area contributed by atoms with E-state index >= 15 is 0 Å². The molecule has 0 radical (unpaired) electrons. The number of anilines is 1. The molecule has 3 rings (SSSR count). The minimum absolute atomic E-state index is 0.0343. The zero-order chi connectivity index (χ0) is 29.4. The first-order valence-corrected chi connectivity index (χ1v) is 14.9. The van der Waals surface area contributed by atoms with E-state index in [2.05, 4.69) is 5.32 Å². The molecule has 3 aromatic carbocycles. The molecule has 0 aliphatic heterocycles. The number of nitrogens with one attached hydrogen (secondary N) is 1. The molecule has 0 saturated carbocycles. The van der Waals surface area contributed by atoms with E-state index in [4.69, 9.17) is 16.3 Å². The van der Waals surface area contributed by atoms with Crippen LogP contribution in [0.15, 0.2) is 77.7 Å². The monoisotopic (exact) mass is 585 g/mol. The number of amides is 2. The number of aryl methyl sites for hydroxylation is 1. The summed E-state index contributed by atoms with van der Waals surface area (Å²) in [5.41, 5.74) is 1.86. The minimum Gasteiger partial charge on any atom is -0.492 e. The standard InChI is InChI=1S/C30H36ClN3O5S/c1-6-39-28-10-8-7-9-27(28)34(40(37,38)26-17-11-22(4)12-18-26)20-29(35)33(23(5)30(36)32-21(2)3)19-24-13-15-25(31)16-14-24/h7-18,21,23H,6,19-20H2,1-5H3,(H,32,36)/t23-/m1/s1. The maximum Gasteiger partial charge on any atom is 0.264 e. The fraction of sp³-hybridized carbons (Fsp3) is 0.333. The average molecular weight is 586 g/mol. The lowest BCUT2D eigenvalue weighted by molar-refractivity contribution is -0.139. The molecule has 0 fully saturated rings. The third-order valence-corrected chi connectivity index (χ3v) is 8.21. The lowest BCUT2D eigenvalue weighted by Crippen LogP contribution is -2.52. The van der Waals surface area contributed by atoms with Crippen LogP contribution in [0.25, 0.3) is 0 Å². The smallest absolute Gasteiger partial charge is 0.264 e. The van der Waals surface area contributed by atoms with Crippen molar-refractivity contribution in [1.82, 2.24) is 10.2 Å². The molecule has 10 heteroatoms. The van der Waals surface area contributed by atoms with E-state index in [1.807, 2.05) is 20.8 Å². The van der Waals surface area contributed by atoms with Gasteiger partial charge in [-0.25, -0.2) is 8.42 Å². The Morgan fingerprint density at radius 1 is 0.950 bits per heavy atom. The molecule has 0 aliphatic carbocycles. The van der Waals surface area contributed by atoms with Crippen molar-refractivity contribution in [2.24, 2.45) is 0 Å². The van der Waals surface area contributed by atoms with Gasteiger partial charge in [0.05, 0.1) is 17.2 Å². The highest BCUT2D eigenvalue weighted by molar-refractivity contribution is 7.92. The number of para-hydroxylation sites is 2. The highest BCUT2D eigenvalue weighted by Gasteiger charge is 2.33. The molecule has 0 aliphatic rings. The van der Waals surface area contributed by atoms with Crippen LogP contribution < -0.4 is 14.4 Å². The van der Waals surface area contributed by atoms with Gasteiger partial charge in [-0.15, -0.1) is 0 Å². The molecule has 0 bridgehead atoms. The summed E-state index contributed by atoms with van der Waals surface area (Å²) in [6.45, 7) is 8.77. The van der Waals surface area contributed by atoms with Gasteiger partial charge in [0, 0.05) is 17.6 Å². The topological polar surface area (TPSA) is 96.0 Å². The number of hydrogen-bond donors (Lipinski definition) is 1. The van der Waals surface area contributed by atoms with Gasteiger partial charge in [0.1, 0.15) is 18.3 Å². The summed E-state index contributed by atoms with van der Waals surface area (Å²) < 4.78 is 34.8. The van der Waals surface area contributed by atoms with Crippen molar-refractivity contribution in [2.75, 3.05) is 17.5 Å². The summed E-state index contributed by atoms with van der Waals surface area (Å²) in [5, 5.41) is 3.38. The number of ether oxygens (including phenoxy) is 1. The van der Waals surface area contributed by atoms with Crippen LogP contribution in [0.5, 0.6) is 5.75 Å². The lowest BCUT2D eigenvalue weighted by Gasteiger charge is -2.32. The largest absolute Gasteiger partial charge is 0.492 e. The van der Waals surface area contributed by atoms with E-state index in [1.165, 1.54) is 17.0 Å². The molecule has 40 heavy (non-hydrogen) atoms. The molecule has 3 aromatic rings. The Kier molecular flexibility index (Phi) is 10.6. The lowest BCUT2D eigenvalue weighted by atomic mass is 10.1. The molecule has 0 spiro atoms.